The molecular formula is C18H30N4O3S. The molecule has 0 amide bonds. The van der Waals surface area contributed by atoms with E-state index in [1.165, 1.54) is 12.0 Å². The summed E-state index contributed by atoms with van der Waals surface area (Å²) in [6, 6.07) is 4.61. The first-order valence-corrected chi connectivity index (χ1v) is 9.99. The van der Waals surface area contributed by atoms with Crippen molar-refractivity contribution in [3.05, 3.63) is 22.4 Å². The molecule has 1 aliphatic heterocycles. The number of hydrogen-bond acceptors (Lipinski definition) is 6. The molecule has 1 fully saturated rings. The number of morpholine rings is 1. The van der Waals surface area contributed by atoms with Crippen molar-refractivity contribution in [2.45, 2.75) is 25.3 Å². The van der Waals surface area contributed by atoms with Gasteiger partial charge in [-0.3, -0.25) is 14.7 Å². The van der Waals surface area contributed by atoms with Crippen molar-refractivity contribution in [1.29, 1.82) is 0 Å². The Morgan fingerprint density at radius 1 is 1.38 bits per heavy atom. The molecule has 1 aromatic rings. The maximum Gasteiger partial charge on any atom is 0.305 e. The zero-order chi connectivity index (χ0) is 18.6. The zero-order valence-corrected chi connectivity index (χ0v) is 16.5. The first-order chi connectivity index (χ1) is 12.7. The maximum atomic E-state index is 11.1. The minimum Gasteiger partial charge on any atom is -0.469 e. The van der Waals surface area contributed by atoms with E-state index in [4.69, 9.17) is 4.74 Å². The average molecular weight is 383 g/mol. The molecule has 0 aliphatic carbocycles. The minimum atomic E-state index is -0.156. The first kappa shape index (κ1) is 20.7. The summed E-state index contributed by atoms with van der Waals surface area (Å²) in [5.41, 5.74) is 0. The van der Waals surface area contributed by atoms with E-state index in [-0.39, 0.29) is 5.97 Å². The highest BCUT2D eigenvalue weighted by Gasteiger charge is 2.23. The topological polar surface area (TPSA) is 75.2 Å². The molecule has 7 nitrogen and oxygen atoms in total. The third-order valence-corrected chi connectivity index (χ3v) is 5.35. The van der Waals surface area contributed by atoms with Gasteiger partial charge in [0.15, 0.2) is 5.96 Å². The number of rotatable bonds is 9. The van der Waals surface area contributed by atoms with Gasteiger partial charge in [0.1, 0.15) is 0 Å². The normalized spacial score (nSPS) is 16.9. The van der Waals surface area contributed by atoms with Gasteiger partial charge in [-0.15, -0.1) is 11.3 Å². The summed E-state index contributed by atoms with van der Waals surface area (Å²) in [7, 11) is 3.20. The Morgan fingerprint density at radius 2 is 2.19 bits per heavy atom. The van der Waals surface area contributed by atoms with E-state index in [1.54, 1.807) is 18.4 Å². The van der Waals surface area contributed by atoms with Crippen molar-refractivity contribution >= 4 is 23.3 Å². The molecule has 0 spiro atoms. The quantitative estimate of drug-likeness (QED) is 0.293. The predicted octanol–water partition coefficient (Wildman–Crippen LogP) is 1.63. The average Bonchev–Trinajstić information content (AvgIpc) is 3.21. The van der Waals surface area contributed by atoms with Crippen LogP contribution in [0.1, 0.15) is 30.2 Å². The Kier molecular flexibility index (Phi) is 9.44. The molecule has 2 heterocycles. The predicted molar refractivity (Wildman–Crippen MR) is 105 cm³/mol. The van der Waals surface area contributed by atoms with Crippen molar-refractivity contribution in [1.82, 2.24) is 15.5 Å². The number of thiophene rings is 1. The van der Waals surface area contributed by atoms with E-state index >= 15 is 0 Å². The van der Waals surface area contributed by atoms with Crippen molar-refractivity contribution in [2.75, 3.05) is 53.6 Å². The Hall–Kier alpha value is -1.64. The summed E-state index contributed by atoms with van der Waals surface area (Å²) in [5.74, 6) is 0.634. The molecule has 2 rings (SSSR count). The summed E-state index contributed by atoms with van der Waals surface area (Å²) in [6.07, 6.45) is 2.16. The molecule has 146 valence electrons. The standard InChI is InChI=1S/C18H30N4O3S/c1-19-18(20-8-4-3-7-17(23)24-2)21-14-15(16-6-5-13-26-16)22-9-11-25-12-10-22/h5-6,13,15H,3-4,7-12,14H2,1-2H3,(H2,19,20,21). The van der Waals surface area contributed by atoms with Gasteiger partial charge < -0.3 is 20.1 Å². The highest BCUT2D eigenvalue weighted by atomic mass is 32.1. The van der Waals surface area contributed by atoms with Crippen LogP contribution in [0, 0.1) is 0 Å². The third-order valence-electron chi connectivity index (χ3n) is 4.37. The molecule has 8 heteroatoms. The fourth-order valence-electron chi connectivity index (χ4n) is 2.90. The molecule has 0 aromatic carbocycles. The Labute approximate surface area is 159 Å². The number of nitrogens with one attached hydrogen (secondary N) is 2. The van der Waals surface area contributed by atoms with Crippen LogP contribution in [0.3, 0.4) is 0 Å². The molecule has 2 N–H and O–H groups in total. The fraction of sp³-hybridized carbons (Fsp3) is 0.667. The molecule has 0 bridgehead atoms. The number of guanidine groups is 1. The summed E-state index contributed by atoms with van der Waals surface area (Å²) < 4.78 is 10.1. The van der Waals surface area contributed by atoms with Gasteiger partial charge in [-0.1, -0.05) is 6.07 Å². The van der Waals surface area contributed by atoms with Crippen LogP contribution in [-0.4, -0.2) is 70.4 Å². The second kappa shape index (κ2) is 11.9. The smallest absolute Gasteiger partial charge is 0.305 e. The van der Waals surface area contributed by atoms with Crippen molar-refractivity contribution in [2.24, 2.45) is 4.99 Å². The van der Waals surface area contributed by atoms with Crippen LogP contribution in [0.25, 0.3) is 0 Å². The monoisotopic (exact) mass is 382 g/mol. The van der Waals surface area contributed by atoms with Gasteiger partial charge in [0.05, 0.1) is 26.4 Å². The van der Waals surface area contributed by atoms with Crippen LogP contribution < -0.4 is 10.6 Å². The Morgan fingerprint density at radius 3 is 2.85 bits per heavy atom. The van der Waals surface area contributed by atoms with Gasteiger partial charge in [0, 0.05) is 44.5 Å². The van der Waals surface area contributed by atoms with Gasteiger partial charge in [0.2, 0.25) is 0 Å². The maximum absolute atomic E-state index is 11.1. The number of unbranched alkanes of at least 4 members (excludes halogenated alkanes) is 1. The third kappa shape index (κ3) is 6.93. The molecular weight excluding hydrogens is 352 g/mol. The van der Waals surface area contributed by atoms with Crippen molar-refractivity contribution in [3.63, 3.8) is 0 Å². The van der Waals surface area contributed by atoms with E-state index in [2.05, 4.69) is 42.8 Å². The van der Waals surface area contributed by atoms with Gasteiger partial charge in [-0.2, -0.15) is 0 Å². The number of carbonyl (C=O) groups is 1. The zero-order valence-electron chi connectivity index (χ0n) is 15.7. The largest absolute Gasteiger partial charge is 0.469 e. The minimum absolute atomic E-state index is 0.156. The molecule has 1 saturated heterocycles. The van der Waals surface area contributed by atoms with Crippen LogP contribution in [0.15, 0.2) is 22.5 Å². The first-order valence-electron chi connectivity index (χ1n) is 9.11. The number of ether oxygens (including phenoxy) is 2. The molecule has 1 unspecified atom stereocenters. The molecule has 1 aromatic heterocycles. The Balaban J connectivity index is 1.77. The van der Waals surface area contributed by atoms with Crippen LogP contribution in [0.2, 0.25) is 0 Å². The van der Waals surface area contributed by atoms with E-state index in [0.717, 1.165) is 58.2 Å². The lowest BCUT2D eigenvalue weighted by atomic mass is 10.2. The fourth-order valence-corrected chi connectivity index (χ4v) is 3.76. The lowest BCUT2D eigenvalue weighted by molar-refractivity contribution is -0.140. The van der Waals surface area contributed by atoms with Gasteiger partial charge in [-0.05, 0) is 24.3 Å². The van der Waals surface area contributed by atoms with Gasteiger partial charge >= 0.3 is 5.97 Å². The molecule has 1 atom stereocenters. The lowest BCUT2D eigenvalue weighted by Crippen LogP contribution is -2.46. The van der Waals surface area contributed by atoms with Crippen LogP contribution >= 0.6 is 11.3 Å². The molecule has 0 radical (unpaired) electrons. The van der Waals surface area contributed by atoms with Gasteiger partial charge in [-0.25, -0.2) is 0 Å². The van der Waals surface area contributed by atoms with Crippen molar-refractivity contribution in [3.8, 4) is 0 Å². The highest BCUT2D eigenvalue weighted by Crippen LogP contribution is 2.25. The van der Waals surface area contributed by atoms with Crippen LogP contribution in [-0.2, 0) is 14.3 Å². The number of methoxy groups -OCH3 is 1. The highest BCUT2D eigenvalue weighted by molar-refractivity contribution is 7.10. The van der Waals surface area contributed by atoms with Crippen molar-refractivity contribution < 1.29 is 14.3 Å². The number of carbonyl (C=O) groups excluding carboxylic acids is 1. The SMILES string of the molecule is CN=C(NCCCCC(=O)OC)NCC(c1cccs1)N1CCOCC1. The number of hydrogen-bond donors (Lipinski definition) is 2. The molecule has 0 saturated carbocycles. The van der Waals surface area contributed by atoms with E-state index < -0.39 is 0 Å². The number of esters is 1. The second-order valence-electron chi connectivity index (χ2n) is 6.09. The van der Waals surface area contributed by atoms with Gasteiger partial charge in [0.25, 0.3) is 0 Å². The molecule has 1 aliphatic rings. The van der Waals surface area contributed by atoms with E-state index in [1.807, 2.05) is 0 Å². The van der Waals surface area contributed by atoms with E-state index in [9.17, 15) is 4.79 Å². The number of nitrogens with zero attached hydrogens (tertiary/aromatic N) is 2. The summed E-state index contributed by atoms with van der Waals surface area (Å²) >= 11 is 1.79. The number of aliphatic imine (C=N–C) groups is 1. The van der Waals surface area contributed by atoms with E-state index in [0.29, 0.717) is 12.5 Å². The second-order valence-corrected chi connectivity index (χ2v) is 7.07. The summed E-state index contributed by atoms with van der Waals surface area (Å²) in [5, 5.41) is 8.87. The summed E-state index contributed by atoms with van der Waals surface area (Å²) in [4.78, 5) is 19.2. The molecule has 26 heavy (non-hydrogen) atoms. The Bertz CT molecular complexity index is 545. The lowest BCUT2D eigenvalue weighted by Gasteiger charge is -2.34. The summed E-state index contributed by atoms with van der Waals surface area (Å²) in [6.45, 7) is 5.04. The van der Waals surface area contributed by atoms with Crippen LogP contribution in [0.4, 0.5) is 0 Å². The van der Waals surface area contributed by atoms with Crippen LogP contribution in [0.5, 0.6) is 0 Å².